The normalized spacial score (nSPS) is 14.3. The Morgan fingerprint density at radius 3 is 1.75 bits per heavy atom. The minimum Gasteiger partial charge on any atom is -0.497 e. The molecule has 0 bridgehead atoms. The van der Waals surface area contributed by atoms with E-state index >= 15 is 0 Å². The molecular weight excluding hydrogens is 1540 g/mol. The number of carboxylic acids is 1. The summed E-state index contributed by atoms with van der Waals surface area (Å²) in [6, 6.07) is 1.87. The first-order chi connectivity index (χ1) is 55.0. The monoisotopic (exact) mass is 1640 g/mol. The predicted octanol–water partition coefficient (Wildman–Crippen LogP) is -1.49. The van der Waals surface area contributed by atoms with Crippen LogP contribution in [0.25, 0.3) is 11.0 Å². The molecule has 44 heteroatoms. The number of fused-ring (bicyclic) bond motifs is 1. The number of thioether (sulfide) groups is 1. The van der Waals surface area contributed by atoms with Gasteiger partial charge in [-0.3, -0.25) is 94.0 Å². The number of ether oxygens (including phenoxy) is 2. The number of guanidine groups is 3. The van der Waals surface area contributed by atoms with E-state index in [1.165, 1.54) is 32.1 Å². The van der Waals surface area contributed by atoms with E-state index in [4.69, 9.17) is 47.3 Å². The highest BCUT2D eigenvalue weighted by Crippen LogP contribution is 2.30. The number of non-ortho nitro benzene ring substituents is 1. The molecule has 3 aromatic carbocycles. The van der Waals surface area contributed by atoms with Crippen molar-refractivity contribution in [2.24, 2.45) is 23.1 Å². The van der Waals surface area contributed by atoms with Crippen LogP contribution in [0.3, 0.4) is 0 Å². The van der Waals surface area contributed by atoms with Gasteiger partial charge in [-0.15, -0.1) is 0 Å². The lowest BCUT2D eigenvalue weighted by Gasteiger charge is -2.30. The minimum absolute atomic E-state index is 0.0000297. The van der Waals surface area contributed by atoms with Crippen LogP contribution in [0.5, 0.6) is 11.5 Å². The molecule has 1 aromatic heterocycles. The van der Waals surface area contributed by atoms with Gasteiger partial charge in [-0.05, 0) is 125 Å². The first-order valence-corrected chi connectivity index (χ1v) is 38.1. The quantitative estimate of drug-likeness (QED) is 0.00598. The fourth-order valence-electron chi connectivity index (χ4n) is 12.0. The Bertz CT molecular complexity index is 4280. The minimum atomic E-state index is -1.89. The number of carboxylic acid groups (broad SMARTS) is 1. The lowest BCUT2D eigenvalue weighted by Crippen LogP contribution is -2.60. The number of likely N-dealkylation sites (tertiary alicyclic amines) is 1. The number of benzene rings is 3. The molecule has 632 valence electrons. The van der Waals surface area contributed by atoms with Gasteiger partial charge >= 0.3 is 11.6 Å². The molecule has 0 unspecified atom stereocenters. The van der Waals surface area contributed by atoms with E-state index < -0.39 is 190 Å². The molecule has 4 aromatic rings. The lowest BCUT2D eigenvalue weighted by atomic mass is 10.0. The third-order valence-corrected chi connectivity index (χ3v) is 19.0. The van der Waals surface area contributed by atoms with E-state index in [1.54, 1.807) is 50.2 Å². The van der Waals surface area contributed by atoms with Gasteiger partial charge in [-0.2, -0.15) is 11.8 Å². The van der Waals surface area contributed by atoms with Crippen LogP contribution >= 0.6 is 11.8 Å². The van der Waals surface area contributed by atoms with Crippen molar-refractivity contribution in [3.05, 3.63) is 109 Å². The summed E-state index contributed by atoms with van der Waals surface area (Å²) >= 11 is 1.11. The summed E-state index contributed by atoms with van der Waals surface area (Å²) in [4.78, 5) is 204. The second-order valence-corrected chi connectivity index (χ2v) is 28.4. The van der Waals surface area contributed by atoms with Gasteiger partial charge in [0.15, 0.2) is 23.7 Å². The summed E-state index contributed by atoms with van der Waals surface area (Å²) < 4.78 is 15.9. The Hall–Kier alpha value is -12.9. The number of carbonyl (C=O) groups is 12. The van der Waals surface area contributed by atoms with Crippen LogP contribution in [-0.2, 0) is 69.7 Å². The van der Waals surface area contributed by atoms with Crippen molar-refractivity contribution in [2.45, 2.75) is 165 Å². The van der Waals surface area contributed by atoms with E-state index in [9.17, 15) is 87.7 Å². The molecule has 23 N–H and O–H groups in total. The predicted molar refractivity (Wildman–Crippen MR) is 423 cm³/mol. The van der Waals surface area contributed by atoms with Crippen molar-refractivity contribution in [3.63, 3.8) is 0 Å². The molecule has 1 aliphatic rings. The summed E-state index contributed by atoms with van der Waals surface area (Å²) in [7, 11) is 2.89. The van der Waals surface area contributed by atoms with Crippen LogP contribution in [0.1, 0.15) is 109 Å². The SMILES string of the molecule is COc1ccc(CSC[C@H](NC(=O)CNC(=O)[C@H](CC(C)C)NC(=O)[C@H]2CCCN2C(=O)[C@H](CCCNC(=N)N)NC(=O)Cc2cc(=O)oc3cc(OC)ccc23)C(=O)N[C@H](CNc2ccc([N+](=O)[O-])cc2[N+](=O)[O-])C(=O)N[C@@H](C)C(=O)N[C@H](CCCNC(=N)N)C(=O)N[C@@H](CCC(=O)O)C(=O)N[C@H](CCCNC(=N)N)C(C)=O)cc1. The van der Waals surface area contributed by atoms with Gasteiger partial charge in [0, 0.05) is 74.2 Å². The number of amides is 10. The molecule has 9 atom stereocenters. The van der Waals surface area contributed by atoms with Gasteiger partial charge in [-0.25, -0.2) is 4.79 Å². The standard InChI is InChI=1S/C72H102N22O21S/c1-38(2)29-52(90-68(107)55-14-10-28-92(55)69(108)51(13-9-27-81-72(77)78)85-58(96)30-42-31-61(100)115-57-33-45(114-6)20-21-46(42)57)63(102)83-35-59(97)86-54(37-116-36-41-15-18-44(113-5)19-16-41)67(106)91-53(34-82-48-22-17-43(93(109)110)32-56(48)94(111)112)66(105)84-39(3)62(101)88-49(12-8-26-80-71(75)76)64(103)89-50(23-24-60(98)99)65(104)87-47(40(4)95)11-7-25-79-70(73)74/h15-22,31-33,38-39,47,49-55,82H,7-14,23-30,34-37H2,1-6H3,(H,83,102)(H,84,105)(H,85,96)(H,86,97)(H,87,104)(H,88,101)(H,89,103)(H,90,107)(H,91,106)(H,98,99)(H4,73,74,79)(H4,75,76,80)(H4,77,78,81)/t39-,47+,49+,50-,51-,52-,53+,54-,55+/m0/s1. The zero-order valence-electron chi connectivity index (χ0n) is 64.9. The number of hydrogen-bond acceptors (Lipinski definition) is 25. The van der Waals surface area contributed by atoms with Crippen molar-refractivity contribution >= 4 is 128 Å². The molecule has 0 aliphatic carbocycles. The number of anilines is 1. The lowest BCUT2D eigenvalue weighted by molar-refractivity contribution is -0.393. The van der Waals surface area contributed by atoms with Crippen LogP contribution < -0.4 is 101 Å². The van der Waals surface area contributed by atoms with Gasteiger partial charge < -0.3 is 110 Å². The molecular formula is C72H102N22O21S. The Kier molecular flexibility index (Phi) is 37.9. The number of aliphatic carboxylic acids is 1. The zero-order valence-corrected chi connectivity index (χ0v) is 65.7. The first-order valence-electron chi connectivity index (χ1n) is 36.9. The van der Waals surface area contributed by atoms with Gasteiger partial charge in [0.1, 0.15) is 71.1 Å². The number of Topliss-reactive ketones (excluding diaryl/α,β-unsaturated/α-hetero) is 1. The maximum atomic E-state index is 14.8. The van der Waals surface area contributed by atoms with E-state index in [1.807, 2.05) is 0 Å². The molecule has 0 spiro atoms. The number of nitro groups is 2. The number of nitro benzene ring substituents is 2. The Balaban J connectivity index is 1.40. The molecule has 1 aliphatic heterocycles. The summed E-state index contributed by atoms with van der Waals surface area (Å²) in [5.74, 6) is -11.8. The van der Waals surface area contributed by atoms with E-state index in [-0.39, 0.29) is 124 Å². The van der Waals surface area contributed by atoms with E-state index in [2.05, 4.69) is 69.1 Å². The van der Waals surface area contributed by atoms with Crippen LogP contribution in [0, 0.1) is 42.4 Å². The van der Waals surface area contributed by atoms with Gasteiger partial charge in [0.05, 0.1) is 49.1 Å². The highest BCUT2D eigenvalue weighted by Gasteiger charge is 2.40. The van der Waals surface area contributed by atoms with Crippen LogP contribution in [-0.4, -0.2) is 222 Å². The molecule has 116 heavy (non-hydrogen) atoms. The summed E-state index contributed by atoms with van der Waals surface area (Å²) in [5.41, 5.74) is 14.8. The average Bonchev–Trinajstić information content (AvgIpc) is 1.33. The Morgan fingerprint density at radius 2 is 1.17 bits per heavy atom. The topological polar surface area (TPSA) is 669 Å². The molecule has 1 fully saturated rings. The maximum absolute atomic E-state index is 14.8. The fourth-order valence-corrected chi connectivity index (χ4v) is 13.0. The second-order valence-electron chi connectivity index (χ2n) is 27.4. The molecule has 43 nitrogen and oxygen atoms in total. The summed E-state index contributed by atoms with van der Waals surface area (Å²) in [6.07, 6.45) is -0.867. The average molecular weight is 1640 g/mol. The van der Waals surface area contributed by atoms with Crippen molar-refractivity contribution in [1.29, 1.82) is 16.2 Å². The first kappa shape index (κ1) is 93.7. The zero-order chi connectivity index (χ0) is 85.9. The number of methoxy groups -OCH3 is 2. The molecule has 5 rings (SSSR count). The van der Waals surface area contributed by atoms with Gasteiger partial charge in [0.2, 0.25) is 59.1 Å². The van der Waals surface area contributed by atoms with Crippen molar-refractivity contribution < 1.29 is 86.4 Å². The molecule has 0 saturated carbocycles. The Morgan fingerprint density at radius 1 is 0.621 bits per heavy atom. The molecule has 10 amide bonds. The van der Waals surface area contributed by atoms with Crippen LogP contribution in [0.4, 0.5) is 17.1 Å². The fraction of sp³-hybridized carbons (Fsp3) is 0.500. The number of ketones is 1. The van der Waals surface area contributed by atoms with Gasteiger partial charge in [-0.1, -0.05) is 26.0 Å². The number of nitrogens with one attached hydrogen (secondary N) is 16. The number of carbonyl (C=O) groups excluding carboxylic acids is 11. The highest BCUT2D eigenvalue weighted by molar-refractivity contribution is 7.98. The molecule has 2 heterocycles. The number of nitrogens with two attached hydrogens (primary N) is 3. The van der Waals surface area contributed by atoms with Crippen molar-refractivity contribution in [3.8, 4) is 11.5 Å². The number of rotatable bonds is 49. The Labute approximate surface area is 669 Å². The summed E-state index contributed by atoms with van der Waals surface area (Å²) in [5, 5.41) is 89.8. The number of nitrogens with zero attached hydrogens (tertiary/aromatic N) is 3. The van der Waals surface area contributed by atoms with Crippen molar-refractivity contribution in [2.75, 3.05) is 64.6 Å². The van der Waals surface area contributed by atoms with E-state index in [0.717, 1.165) is 42.4 Å². The maximum Gasteiger partial charge on any atom is 0.336 e. The number of hydrogen-bond donors (Lipinski definition) is 20. The van der Waals surface area contributed by atoms with Crippen LogP contribution in [0.15, 0.2) is 75.9 Å². The van der Waals surface area contributed by atoms with Gasteiger partial charge in [0.25, 0.3) is 11.4 Å². The second kappa shape index (κ2) is 46.9. The smallest absolute Gasteiger partial charge is 0.336 e. The van der Waals surface area contributed by atoms with Crippen molar-refractivity contribution in [1.82, 2.24) is 68.7 Å². The highest BCUT2D eigenvalue weighted by atomic mass is 32.2. The third kappa shape index (κ3) is 31.6. The van der Waals surface area contributed by atoms with E-state index in [0.29, 0.717) is 29.4 Å². The molecule has 0 radical (unpaired) electrons. The molecule has 1 saturated heterocycles. The third-order valence-electron chi connectivity index (χ3n) is 17.9. The van der Waals surface area contributed by atoms with Crippen LogP contribution in [0.2, 0.25) is 0 Å². The largest absolute Gasteiger partial charge is 0.497 e. The summed E-state index contributed by atoms with van der Waals surface area (Å²) in [6.45, 7) is 4.52.